The minimum absolute atomic E-state index is 0.0915. The van der Waals surface area contributed by atoms with Gasteiger partial charge in [0, 0.05) is 18.0 Å². The molecule has 0 radical (unpaired) electrons. The van der Waals surface area contributed by atoms with Crippen LogP contribution in [0.2, 0.25) is 5.02 Å². The van der Waals surface area contributed by atoms with Crippen molar-refractivity contribution < 1.29 is 24.2 Å². The molecule has 8 nitrogen and oxygen atoms in total. The Bertz CT molecular complexity index is 845. The maximum atomic E-state index is 12.1. The molecular formula is C21H24ClN3O5. The van der Waals surface area contributed by atoms with Crippen LogP contribution in [0.1, 0.15) is 17.5 Å². The molecule has 2 rings (SSSR count). The zero-order valence-corrected chi connectivity index (χ0v) is 17.0. The number of carbonyl (C=O) groups excluding carboxylic acids is 3. The smallest absolute Gasteiger partial charge is 0.407 e. The predicted molar refractivity (Wildman–Crippen MR) is 112 cm³/mol. The molecule has 0 saturated carbocycles. The zero-order chi connectivity index (χ0) is 21.9. The largest absolute Gasteiger partial charge is 0.445 e. The van der Waals surface area contributed by atoms with Gasteiger partial charge in [-0.15, -0.1) is 0 Å². The maximum absolute atomic E-state index is 12.1. The fraction of sp³-hybridized carbons (Fsp3) is 0.286. The van der Waals surface area contributed by atoms with E-state index in [1.54, 1.807) is 24.3 Å². The summed E-state index contributed by atoms with van der Waals surface area (Å²) in [5.74, 6) is -1.27. The molecule has 30 heavy (non-hydrogen) atoms. The quantitative estimate of drug-likeness (QED) is 0.451. The molecular weight excluding hydrogens is 410 g/mol. The Morgan fingerprint density at radius 2 is 1.70 bits per heavy atom. The van der Waals surface area contributed by atoms with Crippen molar-refractivity contribution in [1.29, 1.82) is 0 Å². The molecule has 2 atom stereocenters. The third kappa shape index (κ3) is 8.50. The number of hydrogen-bond donors (Lipinski definition) is 4. The SMILES string of the molecule is NC(=O)[C@@H](Cc1ccc(Cl)cc1)NC(=O)C[C@@H](O)CNC(=O)OCc1ccccc1. The van der Waals surface area contributed by atoms with E-state index >= 15 is 0 Å². The van der Waals surface area contributed by atoms with Crippen molar-refractivity contribution in [2.75, 3.05) is 6.54 Å². The third-order valence-electron chi connectivity index (χ3n) is 4.15. The fourth-order valence-corrected chi connectivity index (χ4v) is 2.72. The van der Waals surface area contributed by atoms with Crippen molar-refractivity contribution in [3.8, 4) is 0 Å². The highest BCUT2D eigenvalue weighted by Crippen LogP contribution is 2.11. The molecule has 0 aromatic heterocycles. The molecule has 3 amide bonds. The Kier molecular flexibility index (Phi) is 9.11. The number of aliphatic hydroxyl groups is 1. The number of halogens is 1. The van der Waals surface area contributed by atoms with Crippen LogP contribution in [0.5, 0.6) is 0 Å². The molecule has 5 N–H and O–H groups in total. The minimum atomic E-state index is -1.15. The monoisotopic (exact) mass is 433 g/mol. The van der Waals surface area contributed by atoms with E-state index in [4.69, 9.17) is 22.1 Å². The summed E-state index contributed by atoms with van der Waals surface area (Å²) < 4.78 is 5.02. The van der Waals surface area contributed by atoms with Gasteiger partial charge in [0.15, 0.2) is 0 Å². The molecule has 0 fully saturated rings. The first-order valence-electron chi connectivity index (χ1n) is 9.29. The van der Waals surface area contributed by atoms with Crippen LogP contribution in [-0.2, 0) is 27.4 Å². The zero-order valence-electron chi connectivity index (χ0n) is 16.2. The standard InChI is InChI=1S/C21H24ClN3O5/c22-16-8-6-14(7-9-16)10-18(20(23)28)25-19(27)11-17(26)12-24-21(29)30-13-15-4-2-1-3-5-15/h1-9,17-18,26H,10-13H2,(H2,23,28)(H,24,29)(H,25,27)/t17-,18-/m1/s1. The average Bonchev–Trinajstić information content (AvgIpc) is 2.72. The van der Waals surface area contributed by atoms with Gasteiger partial charge in [-0.2, -0.15) is 0 Å². The first-order chi connectivity index (χ1) is 14.3. The van der Waals surface area contributed by atoms with E-state index in [1.165, 1.54) is 0 Å². The predicted octanol–water partition coefficient (Wildman–Crippen LogP) is 1.53. The molecule has 0 unspecified atom stereocenters. The number of amides is 3. The molecule has 0 aliphatic carbocycles. The summed E-state index contributed by atoms with van der Waals surface area (Å²) in [6.45, 7) is -0.0896. The van der Waals surface area contributed by atoms with Crippen molar-refractivity contribution in [3.05, 3.63) is 70.7 Å². The summed E-state index contributed by atoms with van der Waals surface area (Å²) in [6.07, 6.45) is -1.99. The Morgan fingerprint density at radius 3 is 2.33 bits per heavy atom. The number of hydrogen-bond acceptors (Lipinski definition) is 5. The number of nitrogens with one attached hydrogen (secondary N) is 2. The summed E-state index contributed by atoms with van der Waals surface area (Å²) in [5, 5.41) is 15.4. The summed E-state index contributed by atoms with van der Waals surface area (Å²) in [7, 11) is 0. The van der Waals surface area contributed by atoms with Gasteiger partial charge in [-0.1, -0.05) is 54.1 Å². The number of carbonyl (C=O) groups is 3. The van der Waals surface area contributed by atoms with Crippen molar-refractivity contribution in [2.45, 2.75) is 31.6 Å². The van der Waals surface area contributed by atoms with E-state index in [9.17, 15) is 19.5 Å². The van der Waals surface area contributed by atoms with Crippen LogP contribution in [-0.4, -0.2) is 41.7 Å². The topological polar surface area (TPSA) is 131 Å². The van der Waals surface area contributed by atoms with Crippen molar-refractivity contribution in [2.24, 2.45) is 5.73 Å². The average molecular weight is 434 g/mol. The second kappa shape index (κ2) is 11.8. The van der Waals surface area contributed by atoms with Gasteiger partial charge in [-0.25, -0.2) is 4.79 Å². The lowest BCUT2D eigenvalue weighted by Crippen LogP contribution is -2.47. The van der Waals surface area contributed by atoms with E-state index < -0.39 is 30.1 Å². The number of aliphatic hydroxyl groups excluding tert-OH is 1. The first-order valence-corrected chi connectivity index (χ1v) is 9.67. The van der Waals surface area contributed by atoms with Gasteiger partial charge in [-0.3, -0.25) is 9.59 Å². The van der Waals surface area contributed by atoms with Crippen LogP contribution in [0.3, 0.4) is 0 Å². The lowest BCUT2D eigenvalue weighted by molar-refractivity contribution is -0.128. The number of benzene rings is 2. The molecule has 0 saturated heterocycles. The van der Waals surface area contributed by atoms with Crippen molar-refractivity contribution in [3.63, 3.8) is 0 Å². The fourth-order valence-electron chi connectivity index (χ4n) is 2.59. The summed E-state index contributed by atoms with van der Waals surface area (Å²) >= 11 is 5.83. The molecule has 0 bridgehead atoms. The van der Waals surface area contributed by atoms with Crippen LogP contribution < -0.4 is 16.4 Å². The summed E-state index contributed by atoms with van der Waals surface area (Å²) in [4.78, 5) is 35.5. The first kappa shape index (κ1) is 23.2. The normalized spacial score (nSPS) is 12.5. The Hall–Kier alpha value is -3.10. The molecule has 160 valence electrons. The number of primary amides is 1. The third-order valence-corrected chi connectivity index (χ3v) is 4.40. The number of rotatable bonds is 10. The van der Waals surface area contributed by atoms with Gasteiger partial charge in [0.2, 0.25) is 11.8 Å². The number of nitrogens with two attached hydrogens (primary N) is 1. The molecule has 0 spiro atoms. The highest BCUT2D eigenvalue weighted by molar-refractivity contribution is 6.30. The van der Waals surface area contributed by atoms with Gasteiger partial charge in [-0.05, 0) is 23.3 Å². The molecule has 2 aromatic rings. The van der Waals surface area contributed by atoms with E-state index in [-0.39, 0.29) is 26.0 Å². The van der Waals surface area contributed by atoms with Crippen LogP contribution in [0.15, 0.2) is 54.6 Å². The summed E-state index contributed by atoms with van der Waals surface area (Å²) in [5.41, 5.74) is 6.95. The Balaban J connectivity index is 1.73. The second-order valence-corrected chi connectivity index (χ2v) is 7.09. The van der Waals surface area contributed by atoms with Crippen LogP contribution in [0.4, 0.5) is 4.79 Å². The number of alkyl carbamates (subject to hydrolysis) is 1. The van der Waals surface area contributed by atoms with Crippen LogP contribution in [0, 0.1) is 0 Å². The van der Waals surface area contributed by atoms with Gasteiger partial charge in [0.1, 0.15) is 12.6 Å². The molecule has 0 aliphatic rings. The second-order valence-electron chi connectivity index (χ2n) is 6.65. The molecule has 0 aliphatic heterocycles. The Morgan fingerprint density at radius 1 is 1.03 bits per heavy atom. The van der Waals surface area contributed by atoms with Gasteiger partial charge >= 0.3 is 6.09 Å². The number of ether oxygens (including phenoxy) is 1. The lowest BCUT2D eigenvalue weighted by Gasteiger charge is -2.17. The van der Waals surface area contributed by atoms with E-state index in [0.29, 0.717) is 5.02 Å². The minimum Gasteiger partial charge on any atom is -0.445 e. The molecule has 2 aromatic carbocycles. The van der Waals surface area contributed by atoms with Gasteiger partial charge in [0.05, 0.1) is 12.5 Å². The van der Waals surface area contributed by atoms with Crippen LogP contribution in [0.25, 0.3) is 0 Å². The highest BCUT2D eigenvalue weighted by Gasteiger charge is 2.20. The molecule has 9 heteroatoms. The molecule has 0 heterocycles. The van der Waals surface area contributed by atoms with E-state index in [1.807, 2.05) is 30.3 Å². The maximum Gasteiger partial charge on any atom is 0.407 e. The van der Waals surface area contributed by atoms with Crippen molar-refractivity contribution >= 4 is 29.5 Å². The Labute approximate surface area is 179 Å². The van der Waals surface area contributed by atoms with Gasteiger partial charge in [0.25, 0.3) is 0 Å². The van der Waals surface area contributed by atoms with E-state index in [0.717, 1.165) is 11.1 Å². The van der Waals surface area contributed by atoms with Crippen LogP contribution >= 0.6 is 11.6 Å². The van der Waals surface area contributed by atoms with Gasteiger partial charge < -0.3 is 26.2 Å². The van der Waals surface area contributed by atoms with E-state index in [2.05, 4.69) is 10.6 Å². The van der Waals surface area contributed by atoms with Crippen molar-refractivity contribution in [1.82, 2.24) is 10.6 Å². The summed E-state index contributed by atoms with van der Waals surface area (Å²) in [6, 6.07) is 15.0. The lowest BCUT2D eigenvalue weighted by atomic mass is 10.1. The highest BCUT2D eigenvalue weighted by atomic mass is 35.5.